The summed E-state index contributed by atoms with van der Waals surface area (Å²) in [4.78, 5) is 67.8. The molecule has 0 radical (unpaired) electrons. The van der Waals surface area contributed by atoms with Crippen molar-refractivity contribution in [2.75, 3.05) is 13.2 Å². The van der Waals surface area contributed by atoms with Crippen LogP contribution < -0.4 is 33.2 Å². The van der Waals surface area contributed by atoms with E-state index in [1.54, 1.807) is 0 Å². The number of aliphatic carboxylic acids is 1. The number of carbonyl (C=O) groups excluding carboxylic acids is 5. The van der Waals surface area contributed by atoms with E-state index in [4.69, 9.17) is 22.3 Å². The maximum atomic E-state index is 11.9. The normalized spacial score (nSPS) is 13.5. The van der Waals surface area contributed by atoms with Gasteiger partial charge in [-0.2, -0.15) is 0 Å². The molecule has 3 unspecified atom stereocenters. The fourth-order valence-electron chi connectivity index (χ4n) is 1.86. The van der Waals surface area contributed by atoms with Gasteiger partial charge in [-0.1, -0.05) is 0 Å². The zero-order valence-electron chi connectivity index (χ0n) is 14.8. The second-order valence-corrected chi connectivity index (χ2v) is 5.70. The first-order valence-corrected chi connectivity index (χ1v) is 8.01. The van der Waals surface area contributed by atoms with Gasteiger partial charge in [0.25, 0.3) is 0 Å². The molecule has 0 aliphatic heterocycles. The monoisotopic (exact) mass is 404 g/mol. The molecule has 0 aliphatic rings. The van der Waals surface area contributed by atoms with E-state index >= 15 is 0 Å². The Morgan fingerprint density at radius 3 is 1.96 bits per heavy atom. The maximum absolute atomic E-state index is 11.9. The van der Waals surface area contributed by atoms with Gasteiger partial charge in [-0.05, 0) is 6.42 Å². The summed E-state index contributed by atoms with van der Waals surface area (Å²) in [5.41, 5.74) is 15.2. The summed E-state index contributed by atoms with van der Waals surface area (Å²) in [6, 6.07) is -4.19. The third-order valence-electron chi connectivity index (χ3n) is 3.31. The van der Waals surface area contributed by atoms with Gasteiger partial charge in [0.15, 0.2) is 0 Å². The number of aliphatic hydroxyl groups excluding tert-OH is 1. The molecular weight excluding hydrogens is 380 g/mol. The minimum absolute atomic E-state index is 0.239. The van der Waals surface area contributed by atoms with Crippen LogP contribution in [0.2, 0.25) is 0 Å². The largest absolute Gasteiger partial charge is 0.480 e. The van der Waals surface area contributed by atoms with E-state index in [1.807, 2.05) is 0 Å². The number of hydrogen-bond donors (Lipinski definition) is 8. The molecule has 0 aromatic carbocycles. The Balaban J connectivity index is 4.59. The zero-order chi connectivity index (χ0) is 21.9. The van der Waals surface area contributed by atoms with Gasteiger partial charge in [0.2, 0.25) is 29.5 Å². The highest BCUT2D eigenvalue weighted by Gasteiger charge is 2.25. The summed E-state index contributed by atoms with van der Waals surface area (Å²) in [5.74, 6) is -5.75. The molecule has 11 N–H and O–H groups in total. The molecule has 158 valence electrons. The highest BCUT2D eigenvalue weighted by atomic mass is 16.4. The number of amides is 5. The first-order chi connectivity index (χ1) is 13.0. The number of carboxylic acid groups (broad SMARTS) is 1. The van der Waals surface area contributed by atoms with Gasteiger partial charge in [-0.15, -0.1) is 0 Å². The standard InChI is InChI=1S/C14H24N6O8/c15-6(3-10(17)23)12(25)20-8(5-21)13(26)18-4-11(24)19-7(14(27)28)1-2-9(16)22/h6-8,21H,1-5,15H2,(H2,16,22)(H2,17,23)(H,18,26)(H,19,24)(H,20,25)(H,27,28). The van der Waals surface area contributed by atoms with E-state index in [-0.39, 0.29) is 12.8 Å². The second-order valence-electron chi connectivity index (χ2n) is 5.70. The van der Waals surface area contributed by atoms with Crippen molar-refractivity contribution >= 4 is 35.5 Å². The Hall–Kier alpha value is -3.26. The van der Waals surface area contributed by atoms with Crippen molar-refractivity contribution in [2.45, 2.75) is 37.4 Å². The van der Waals surface area contributed by atoms with E-state index in [2.05, 4.69) is 16.0 Å². The van der Waals surface area contributed by atoms with Crippen LogP contribution in [0.25, 0.3) is 0 Å². The number of primary amides is 2. The third kappa shape index (κ3) is 10.0. The zero-order valence-corrected chi connectivity index (χ0v) is 14.8. The predicted octanol–water partition coefficient (Wildman–Crippen LogP) is -5.38. The van der Waals surface area contributed by atoms with E-state index in [1.165, 1.54) is 0 Å². The lowest BCUT2D eigenvalue weighted by Gasteiger charge is -2.19. The quantitative estimate of drug-likeness (QED) is 0.145. The van der Waals surface area contributed by atoms with Crippen LogP contribution in [0.15, 0.2) is 0 Å². The number of carboxylic acids is 1. The minimum atomic E-state index is -1.47. The first kappa shape index (κ1) is 24.7. The molecule has 0 aromatic heterocycles. The minimum Gasteiger partial charge on any atom is -0.480 e. The third-order valence-corrected chi connectivity index (χ3v) is 3.31. The number of nitrogens with two attached hydrogens (primary N) is 3. The van der Waals surface area contributed by atoms with E-state index in [0.29, 0.717) is 0 Å². The Labute approximate surface area is 159 Å². The topological polar surface area (TPSA) is 257 Å². The summed E-state index contributed by atoms with van der Waals surface area (Å²) >= 11 is 0. The Morgan fingerprint density at radius 1 is 0.893 bits per heavy atom. The summed E-state index contributed by atoms with van der Waals surface area (Å²) < 4.78 is 0. The number of hydrogen-bond acceptors (Lipinski definition) is 8. The van der Waals surface area contributed by atoms with Gasteiger partial charge < -0.3 is 43.4 Å². The predicted molar refractivity (Wildman–Crippen MR) is 91.8 cm³/mol. The van der Waals surface area contributed by atoms with Crippen molar-refractivity contribution in [3.8, 4) is 0 Å². The number of rotatable bonds is 13. The van der Waals surface area contributed by atoms with Crippen LogP contribution in [-0.2, 0) is 28.8 Å². The molecule has 0 bridgehead atoms. The van der Waals surface area contributed by atoms with Crippen molar-refractivity contribution in [1.82, 2.24) is 16.0 Å². The highest BCUT2D eigenvalue weighted by molar-refractivity contribution is 5.94. The Morgan fingerprint density at radius 2 is 1.50 bits per heavy atom. The number of aliphatic hydroxyl groups is 1. The van der Waals surface area contributed by atoms with E-state index in [0.717, 1.165) is 0 Å². The van der Waals surface area contributed by atoms with Crippen molar-refractivity contribution in [1.29, 1.82) is 0 Å². The lowest BCUT2D eigenvalue weighted by Crippen LogP contribution is -2.55. The molecule has 28 heavy (non-hydrogen) atoms. The molecule has 3 atom stereocenters. The van der Waals surface area contributed by atoms with Gasteiger partial charge in [0.1, 0.15) is 12.1 Å². The van der Waals surface area contributed by atoms with Crippen LogP contribution in [0.4, 0.5) is 0 Å². The number of nitrogens with one attached hydrogen (secondary N) is 3. The van der Waals surface area contributed by atoms with Gasteiger partial charge in [0.05, 0.1) is 25.6 Å². The van der Waals surface area contributed by atoms with Gasteiger partial charge >= 0.3 is 5.97 Å². The molecule has 0 spiro atoms. The lowest BCUT2D eigenvalue weighted by molar-refractivity contribution is -0.142. The molecule has 0 saturated heterocycles. The second kappa shape index (κ2) is 12.2. The Bertz CT molecular complexity index is 625. The van der Waals surface area contributed by atoms with E-state index in [9.17, 15) is 33.9 Å². The summed E-state index contributed by atoms with van der Waals surface area (Å²) in [6.07, 6.45) is -0.985. The van der Waals surface area contributed by atoms with Gasteiger partial charge in [-0.25, -0.2) is 4.79 Å². The van der Waals surface area contributed by atoms with Crippen molar-refractivity contribution in [3.05, 3.63) is 0 Å². The van der Waals surface area contributed by atoms with Crippen LogP contribution in [0.1, 0.15) is 19.3 Å². The van der Waals surface area contributed by atoms with Crippen LogP contribution in [0.3, 0.4) is 0 Å². The number of carbonyl (C=O) groups is 6. The summed E-state index contributed by atoms with van der Waals surface area (Å²) in [6.45, 7) is -1.50. The average molecular weight is 404 g/mol. The van der Waals surface area contributed by atoms with Crippen molar-refractivity contribution < 1.29 is 39.0 Å². The molecule has 0 aromatic rings. The first-order valence-electron chi connectivity index (χ1n) is 8.01. The smallest absolute Gasteiger partial charge is 0.326 e. The Kier molecular flexibility index (Phi) is 10.8. The molecule has 0 heterocycles. The summed E-state index contributed by atoms with van der Waals surface area (Å²) in [7, 11) is 0. The SMILES string of the molecule is NC(=O)CCC(NC(=O)CNC(=O)C(CO)NC(=O)C(N)CC(N)=O)C(=O)O. The van der Waals surface area contributed by atoms with Crippen LogP contribution >= 0.6 is 0 Å². The molecule has 5 amide bonds. The molecule has 0 fully saturated rings. The molecular formula is C14H24N6O8. The maximum Gasteiger partial charge on any atom is 0.326 e. The van der Waals surface area contributed by atoms with Gasteiger partial charge in [0, 0.05) is 6.42 Å². The summed E-state index contributed by atoms with van der Waals surface area (Å²) in [5, 5.41) is 24.4. The van der Waals surface area contributed by atoms with Crippen LogP contribution in [-0.4, -0.2) is 77.0 Å². The lowest BCUT2D eigenvalue weighted by atomic mass is 10.1. The van der Waals surface area contributed by atoms with Crippen molar-refractivity contribution in [2.24, 2.45) is 17.2 Å². The molecule has 0 aliphatic carbocycles. The molecule has 0 saturated carbocycles. The van der Waals surface area contributed by atoms with Crippen molar-refractivity contribution in [3.63, 3.8) is 0 Å². The highest BCUT2D eigenvalue weighted by Crippen LogP contribution is 1.97. The average Bonchev–Trinajstić information content (AvgIpc) is 2.59. The van der Waals surface area contributed by atoms with E-state index < -0.39 is 73.2 Å². The molecule has 0 rings (SSSR count). The molecule has 14 nitrogen and oxygen atoms in total. The molecule has 14 heteroatoms. The van der Waals surface area contributed by atoms with Crippen LogP contribution in [0.5, 0.6) is 0 Å². The van der Waals surface area contributed by atoms with Gasteiger partial charge in [-0.3, -0.25) is 24.0 Å². The fourth-order valence-corrected chi connectivity index (χ4v) is 1.86. The fraction of sp³-hybridized carbons (Fsp3) is 0.571. The van der Waals surface area contributed by atoms with Crippen LogP contribution in [0, 0.1) is 0 Å².